The second-order valence-corrected chi connectivity index (χ2v) is 6.53. The van der Waals surface area contributed by atoms with Gasteiger partial charge in [-0.25, -0.2) is 4.98 Å². The molecular formula is C20H21N3O. The highest BCUT2D eigenvalue weighted by Crippen LogP contribution is 2.29. The molecule has 122 valence electrons. The van der Waals surface area contributed by atoms with Crippen molar-refractivity contribution in [3.63, 3.8) is 0 Å². The van der Waals surface area contributed by atoms with Gasteiger partial charge >= 0.3 is 0 Å². The van der Waals surface area contributed by atoms with E-state index in [1.54, 1.807) is 4.57 Å². The Morgan fingerprint density at radius 3 is 2.50 bits per heavy atom. The normalized spacial score (nSPS) is 14.4. The minimum absolute atomic E-state index is 0.0334. The van der Waals surface area contributed by atoms with Crippen molar-refractivity contribution in [2.24, 2.45) is 7.05 Å². The summed E-state index contributed by atoms with van der Waals surface area (Å²) >= 11 is 0. The lowest BCUT2D eigenvalue weighted by molar-refractivity contribution is 0.236. The van der Waals surface area contributed by atoms with Crippen LogP contribution >= 0.6 is 0 Å². The number of hydrogen-bond donors (Lipinski definition) is 0. The smallest absolute Gasteiger partial charge is 0.261 e. The third kappa shape index (κ3) is 2.97. The molecule has 0 unspecified atom stereocenters. The minimum atomic E-state index is 0.0334. The fraction of sp³-hybridized carbons (Fsp3) is 0.300. The van der Waals surface area contributed by atoms with Gasteiger partial charge in [-0.05, 0) is 30.5 Å². The molecule has 24 heavy (non-hydrogen) atoms. The Bertz CT molecular complexity index is 913. The molecule has 0 radical (unpaired) electrons. The molecule has 1 fully saturated rings. The quantitative estimate of drug-likeness (QED) is 0.725. The zero-order valence-corrected chi connectivity index (χ0v) is 13.9. The molecule has 4 heteroatoms. The van der Waals surface area contributed by atoms with E-state index in [0.717, 1.165) is 17.9 Å². The second-order valence-electron chi connectivity index (χ2n) is 6.53. The summed E-state index contributed by atoms with van der Waals surface area (Å²) in [6.07, 6.45) is 2.46. The molecule has 0 atom stereocenters. The standard InChI is InChI=1S/C20H21N3O/c1-22-19(21-18-10-6-5-9-17(18)20(22)24)14-23(16-11-12-16)13-15-7-3-2-4-8-15/h2-10,16H,11-14H2,1H3. The van der Waals surface area contributed by atoms with Gasteiger partial charge in [0, 0.05) is 19.6 Å². The van der Waals surface area contributed by atoms with Gasteiger partial charge in [-0.3, -0.25) is 14.3 Å². The average molecular weight is 319 g/mol. The van der Waals surface area contributed by atoms with Crippen LogP contribution in [0.5, 0.6) is 0 Å². The third-order valence-electron chi connectivity index (χ3n) is 4.71. The fourth-order valence-electron chi connectivity index (χ4n) is 3.16. The van der Waals surface area contributed by atoms with Gasteiger partial charge in [-0.2, -0.15) is 0 Å². The summed E-state index contributed by atoms with van der Waals surface area (Å²) in [5.74, 6) is 0.835. The van der Waals surface area contributed by atoms with E-state index in [9.17, 15) is 4.79 Å². The molecule has 3 aromatic rings. The number of para-hydroxylation sites is 1. The van der Waals surface area contributed by atoms with Crippen LogP contribution in [0.2, 0.25) is 0 Å². The van der Waals surface area contributed by atoms with Crippen molar-refractivity contribution in [3.8, 4) is 0 Å². The van der Waals surface area contributed by atoms with Crippen molar-refractivity contribution >= 4 is 10.9 Å². The van der Waals surface area contributed by atoms with Crippen LogP contribution in [0.4, 0.5) is 0 Å². The van der Waals surface area contributed by atoms with E-state index in [0.29, 0.717) is 18.0 Å². The maximum Gasteiger partial charge on any atom is 0.261 e. The molecule has 1 heterocycles. The first kappa shape index (κ1) is 15.1. The Kier molecular flexibility index (Phi) is 3.90. The first-order valence-corrected chi connectivity index (χ1v) is 8.45. The summed E-state index contributed by atoms with van der Waals surface area (Å²) in [6, 6.07) is 18.7. The molecule has 0 amide bonds. The number of fused-ring (bicyclic) bond motifs is 1. The van der Waals surface area contributed by atoms with Crippen molar-refractivity contribution < 1.29 is 0 Å². The van der Waals surface area contributed by atoms with E-state index in [1.807, 2.05) is 37.4 Å². The highest BCUT2D eigenvalue weighted by Gasteiger charge is 2.29. The number of benzene rings is 2. The molecular weight excluding hydrogens is 298 g/mol. The van der Waals surface area contributed by atoms with Crippen LogP contribution in [-0.4, -0.2) is 20.5 Å². The van der Waals surface area contributed by atoms with Crippen molar-refractivity contribution in [2.75, 3.05) is 0 Å². The summed E-state index contributed by atoms with van der Waals surface area (Å²) in [5.41, 5.74) is 2.12. The van der Waals surface area contributed by atoms with E-state index >= 15 is 0 Å². The lowest BCUT2D eigenvalue weighted by Gasteiger charge is -2.23. The van der Waals surface area contributed by atoms with Gasteiger partial charge in [0.25, 0.3) is 5.56 Å². The Morgan fingerprint density at radius 2 is 1.75 bits per heavy atom. The molecule has 2 aromatic carbocycles. The Balaban J connectivity index is 1.66. The van der Waals surface area contributed by atoms with Gasteiger partial charge in [-0.1, -0.05) is 42.5 Å². The Labute approximate surface area is 141 Å². The maximum atomic E-state index is 12.6. The summed E-state index contributed by atoms with van der Waals surface area (Å²) in [5, 5.41) is 0.685. The number of hydrogen-bond acceptors (Lipinski definition) is 3. The molecule has 1 saturated carbocycles. The molecule has 0 aliphatic heterocycles. The van der Waals surface area contributed by atoms with E-state index in [1.165, 1.54) is 18.4 Å². The Morgan fingerprint density at radius 1 is 1.04 bits per heavy atom. The molecule has 4 rings (SSSR count). The van der Waals surface area contributed by atoms with Gasteiger partial charge < -0.3 is 0 Å². The first-order chi connectivity index (χ1) is 11.7. The van der Waals surface area contributed by atoms with Gasteiger partial charge in [0.2, 0.25) is 0 Å². The molecule has 1 aromatic heterocycles. The average Bonchev–Trinajstić information content (AvgIpc) is 3.45. The monoisotopic (exact) mass is 319 g/mol. The van der Waals surface area contributed by atoms with Gasteiger partial charge in [0.15, 0.2) is 0 Å². The molecule has 0 saturated heterocycles. The summed E-state index contributed by atoms with van der Waals surface area (Å²) in [7, 11) is 1.82. The SMILES string of the molecule is Cn1c(CN(Cc2ccccc2)C2CC2)nc2ccccc2c1=O. The molecule has 0 bridgehead atoms. The highest BCUT2D eigenvalue weighted by molar-refractivity contribution is 5.77. The molecule has 4 nitrogen and oxygen atoms in total. The second kappa shape index (κ2) is 6.21. The van der Waals surface area contributed by atoms with Crippen molar-refractivity contribution in [1.82, 2.24) is 14.5 Å². The first-order valence-electron chi connectivity index (χ1n) is 8.45. The van der Waals surface area contributed by atoms with Gasteiger partial charge in [0.1, 0.15) is 5.82 Å². The third-order valence-corrected chi connectivity index (χ3v) is 4.71. The van der Waals surface area contributed by atoms with E-state index in [-0.39, 0.29) is 5.56 Å². The predicted molar refractivity (Wildman–Crippen MR) is 95.7 cm³/mol. The lowest BCUT2D eigenvalue weighted by atomic mass is 10.2. The van der Waals surface area contributed by atoms with Crippen LogP contribution in [0, 0.1) is 0 Å². The van der Waals surface area contributed by atoms with Gasteiger partial charge in [0.05, 0.1) is 17.4 Å². The zero-order chi connectivity index (χ0) is 16.5. The van der Waals surface area contributed by atoms with Crippen LogP contribution in [-0.2, 0) is 20.1 Å². The van der Waals surface area contributed by atoms with E-state index in [4.69, 9.17) is 4.98 Å². The number of aromatic nitrogens is 2. The minimum Gasteiger partial charge on any atom is -0.298 e. The maximum absolute atomic E-state index is 12.6. The predicted octanol–water partition coefficient (Wildman–Crippen LogP) is 3.10. The van der Waals surface area contributed by atoms with Crippen LogP contribution in [0.1, 0.15) is 24.2 Å². The fourth-order valence-corrected chi connectivity index (χ4v) is 3.16. The van der Waals surface area contributed by atoms with Crippen LogP contribution in [0.3, 0.4) is 0 Å². The summed E-state index contributed by atoms with van der Waals surface area (Å²) in [4.78, 5) is 19.8. The summed E-state index contributed by atoms with van der Waals surface area (Å²) in [6.45, 7) is 1.60. The number of nitrogens with zero attached hydrogens (tertiary/aromatic N) is 3. The molecule has 1 aliphatic carbocycles. The van der Waals surface area contributed by atoms with Crippen LogP contribution in [0.15, 0.2) is 59.4 Å². The van der Waals surface area contributed by atoms with Crippen LogP contribution < -0.4 is 5.56 Å². The largest absolute Gasteiger partial charge is 0.298 e. The van der Waals surface area contributed by atoms with E-state index < -0.39 is 0 Å². The number of rotatable bonds is 5. The van der Waals surface area contributed by atoms with Crippen LogP contribution in [0.25, 0.3) is 10.9 Å². The molecule has 1 aliphatic rings. The van der Waals surface area contributed by atoms with E-state index in [2.05, 4.69) is 29.2 Å². The molecule has 0 N–H and O–H groups in total. The highest BCUT2D eigenvalue weighted by atomic mass is 16.1. The zero-order valence-electron chi connectivity index (χ0n) is 13.9. The van der Waals surface area contributed by atoms with Crippen molar-refractivity contribution in [2.45, 2.75) is 32.0 Å². The van der Waals surface area contributed by atoms with Crippen molar-refractivity contribution in [1.29, 1.82) is 0 Å². The lowest BCUT2D eigenvalue weighted by Crippen LogP contribution is -2.30. The summed E-state index contributed by atoms with van der Waals surface area (Å²) < 4.78 is 1.70. The topological polar surface area (TPSA) is 38.1 Å². The van der Waals surface area contributed by atoms with Crippen molar-refractivity contribution in [3.05, 3.63) is 76.3 Å². The molecule has 0 spiro atoms. The van der Waals surface area contributed by atoms with Gasteiger partial charge in [-0.15, -0.1) is 0 Å². The Hall–Kier alpha value is -2.46.